The minimum atomic E-state index is 0.113. The van der Waals surface area contributed by atoms with E-state index < -0.39 is 0 Å². The summed E-state index contributed by atoms with van der Waals surface area (Å²) in [5.41, 5.74) is 5.81. The summed E-state index contributed by atoms with van der Waals surface area (Å²) in [5, 5.41) is 0. The van der Waals surface area contributed by atoms with Gasteiger partial charge >= 0.3 is 0 Å². The van der Waals surface area contributed by atoms with Crippen LogP contribution in [-0.4, -0.2) is 32.7 Å². The lowest BCUT2D eigenvalue weighted by Crippen LogP contribution is -2.31. The van der Waals surface area contributed by atoms with Crippen molar-refractivity contribution in [3.05, 3.63) is 125 Å². The molecular formula is C34H35NO4. The van der Waals surface area contributed by atoms with Crippen molar-refractivity contribution in [2.75, 3.05) is 27.8 Å². The third-order valence-corrected chi connectivity index (χ3v) is 7.09. The topological polar surface area (TPSA) is 40.2 Å². The fourth-order valence-corrected chi connectivity index (χ4v) is 4.89. The molecule has 1 unspecified atom stereocenters. The number of nitrogens with zero attached hydrogens (tertiary/aromatic N) is 1. The van der Waals surface area contributed by atoms with E-state index >= 15 is 0 Å². The van der Waals surface area contributed by atoms with Gasteiger partial charge in [0, 0.05) is 6.54 Å². The number of ether oxygens (including phenoxy) is 4. The minimum absolute atomic E-state index is 0.113. The zero-order chi connectivity index (χ0) is 27.0. The zero-order valence-corrected chi connectivity index (χ0v) is 22.8. The number of methoxy groups -OCH3 is 2. The monoisotopic (exact) mass is 521 g/mol. The summed E-state index contributed by atoms with van der Waals surface area (Å²) >= 11 is 0. The molecule has 0 aromatic heterocycles. The van der Waals surface area contributed by atoms with Gasteiger partial charge in [0.15, 0.2) is 23.0 Å². The SMILES string of the molecule is COc1ccc(C=CC2c3cc(OC)c(OCc4ccccc4)cc3CCN2C)cc1OCc1ccccc1. The van der Waals surface area contributed by atoms with E-state index in [-0.39, 0.29) is 6.04 Å². The van der Waals surface area contributed by atoms with Crippen molar-refractivity contribution in [2.45, 2.75) is 25.7 Å². The smallest absolute Gasteiger partial charge is 0.162 e. The largest absolute Gasteiger partial charge is 0.493 e. The summed E-state index contributed by atoms with van der Waals surface area (Å²) < 4.78 is 23.6. The Morgan fingerprint density at radius 2 is 1.33 bits per heavy atom. The Balaban J connectivity index is 1.36. The van der Waals surface area contributed by atoms with Crippen LogP contribution in [-0.2, 0) is 19.6 Å². The second-order valence-electron chi connectivity index (χ2n) is 9.70. The fraction of sp³-hybridized carbons (Fsp3) is 0.235. The molecule has 5 rings (SSSR count). The van der Waals surface area contributed by atoms with Crippen molar-refractivity contribution in [1.82, 2.24) is 4.90 Å². The van der Waals surface area contributed by atoms with Crippen LogP contribution in [0, 0.1) is 0 Å². The molecule has 1 aliphatic rings. The van der Waals surface area contributed by atoms with Crippen molar-refractivity contribution in [2.24, 2.45) is 0 Å². The normalized spacial score (nSPS) is 15.1. The van der Waals surface area contributed by atoms with Gasteiger partial charge in [0.1, 0.15) is 13.2 Å². The van der Waals surface area contributed by atoms with Crippen LogP contribution in [0.15, 0.2) is 97.1 Å². The van der Waals surface area contributed by atoms with Crippen molar-refractivity contribution in [3.8, 4) is 23.0 Å². The Morgan fingerprint density at radius 1 is 0.718 bits per heavy atom. The van der Waals surface area contributed by atoms with E-state index in [4.69, 9.17) is 18.9 Å². The minimum Gasteiger partial charge on any atom is -0.493 e. The molecule has 0 amide bonds. The van der Waals surface area contributed by atoms with Gasteiger partial charge in [-0.2, -0.15) is 0 Å². The lowest BCUT2D eigenvalue weighted by Gasteiger charge is -2.33. The first kappa shape index (κ1) is 26.4. The molecule has 1 heterocycles. The highest BCUT2D eigenvalue weighted by atomic mass is 16.5. The lowest BCUT2D eigenvalue weighted by atomic mass is 9.91. The van der Waals surface area contributed by atoms with E-state index in [0.29, 0.717) is 13.2 Å². The predicted molar refractivity (Wildman–Crippen MR) is 156 cm³/mol. The third-order valence-electron chi connectivity index (χ3n) is 7.09. The van der Waals surface area contributed by atoms with Gasteiger partial charge in [-0.15, -0.1) is 0 Å². The molecule has 4 aromatic rings. The molecule has 1 atom stereocenters. The Bertz CT molecular complexity index is 1400. The highest BCUT2D eigenvalue weighted by Crippen LogP contribution is 2.39. The number of rotatable bonds is 10. The Labute approximate surface area is 231 Å². The summed E-state index contributed by atoms with van der Waals surface area (Å²) in [7, 11) is 5.52. The van der Waals surface area contributed by atoms with Crippen LogP contribution in [0.5, 0.6) is 23.0 Å². The molecule has 5 nitrogen and oxygen atoms in total. The van der Waals surface area contributed by atoms with Gasteiger partial charge in [0.05, 0.1) is 20.3 Å². The highest BCUT2D eigenvalue weighted by molar-refractivity contribution is 5.58. The first-order chi connectivity index (χ1) is 19.1. The van der Waals surface area contributed by atoms with Crippen molar-refractivity contribution in [1.29, 1.82) is 0 Å². The number of likely N-dealkylation sites (N-methyl/N-ethyl adjacent to an activating group) is 1. The number of hydrogen-bond donors (Lipinski definition) is 0. The van der Waals surface area contributed by atoms with Gasteiger partial charge in [0.2, 0.25) is 0 Å². The average molecular weight is 522 g/mol. The fourth-order valence-electron chi connectivity index (χ4n) is 4.89. The molecule has 0 radical (unpaired) electrons. The number of fused-ring (bicyclic) bond motifs is 1. The van der Waals surface area contributed by atoms with E-state index in [1.807, 2.05) is 48.5 Å². The number of benzene rings is 4. The Hall–Kier alpha value is -4.22. The van der Waals surface area contributed by atoms with Gasteiger partial charge in [-0.05, 0) is 65.6 Å². The molecule has 0 bridgehead atoms. The third kappa shape index (κ3) is 6.44. The molecule has 0 saturated carbocycles. The van der Waals surface area contributed by atoms with Gasteiger partial charge in [-0.1, -0.05) is 78.9 Å². The predicted octanol–water partition coefficient (Wildman–Crippen LogP) is 7.10. The van der Waals surface area contributed by atoms with Crippen molar-refractivity contribution < 1.29 is 18.9 Å². The second kappa shape index (κ2) is 12.5. The van der Waals surface area contributed by atoms with E-state index in [9.17, 15) is 0 Å². The van der Waals surface area contributed by atoms with Crippen LogP contribution in [0.25, 0.3) is 6.08 Å². The Morgan fingerprint density at radius 3 is 1.95 bits per heavy atom. The van der Waals surface area contributed by atoms with Crippen LogP contribution in [0.4, 0.5) is 0 Å². The van der Waals surface area contributed by atoms with E-state index in [1.54, 1.807) is 14.2 Å². The van der Waals surface area contributed by atoms with E-state index in [2.05, 4.69) is 66.6 Å². The van der Waals surface area contributed by atoms with Crippen LogP contribution < -0.4 is 18.9 Å². The Kier molecular flexibility index (Phi) is 8.49. The summed E-state index contributed by atoms with van der Waals surface area (Å²) in [6, 6.07) is 30.8. The summed E-state index contributed by atoms with van der Waals surface area (Å²) in [4.78, 5) is 2.36. The molecule has 4 aromatic carbocycles. The molecular weight excluding hydrogens is 486 g/mol. The van der Waals surface area contributed by atoms with Gasteiger partial charge < -0.3 is 18.9 Å². The summed E-state index contributed by atoms with van der Waals surface area (Å²) in [6.07, 6.45) is 5.35. The average Bonchev–Trinajstić information content (AvgIpc) is 2.99. The summed E-state index contributed by atoms with van der Waals surface area (Å²) in [5.74, 6) is 2.97. The molecule has 39 heavy (non-hydrogen) atoms. The van der Waals surface area contributed by atoms with Crippen molar-refractivity contribution in [3.63, 3.8) is 0 Å². The molecule has 5 heteroatoms. The first-order valence-electron chi connectivity index (χ1n) is 13.3. The number of hydrogen-bond acceptors (Lipinski definition) is 5. The summed E-state index contributed by atoms with van der Waals surface area (Å²) in [6.45, 7) is 1.95. The maximum atomic E-state index is 6.18. The van der Waals surface area contributed by atoms with Gasteiger partial charge in [-0.3, -0.25) is 4.90 Å². The van der Waals surface area contributed by atoms with Gasteiger partial charge in [0.25, 0.3) is 0 Å². The molecule has 0 saturated heterocycles. The maximum absolute atomic E-state index is 6.18. The molecule has 0 N–H and O–H groups in total. The maximum Gasteiger partial charge on any atom is 0.162 e. The first-order valence-corrected chi connectivity index (χ1v) is 13.3. The highest BCUT2D eigenvalue weighted by Gasteiger charge is 2.25. The van der Waals surface area contributed by atoms with Crippen LogP contribution in [0.2, 0.25) is 0 Å². The zero-order valence-electron chi connectivity index (χ0n) is 22.8. The van der Waals surface area contributed by atoms with Gasteiger partial charge in [-0.25, -0.2) is 0 Å². The molecule has 0 spiro atoms. The molecule has 0 aliphatic carbocycles. The van der Waals surface area contributed by atoms with Crippen LogP contribution in [0.3, 0.4) is 0 Å². The van der Waals surface area contributed by atoms with E-state index in [1.165, 1.54) is 11.1 Å². The van der Waals surface area contributed by atoms with Crippen LogP contribution in [0.1, 0.15) is 33.9 Å². The molecule has 0 fully saturated rings. The molecule has 200 valence electrons. The standard InChI is InChI=1S/C34H35NO4/c1-35-19-18-28-21-34(39-24-27-12-8-5-9-13-27)32(37-3)22-29(28)30(35)16-14-25-15-17-31(36-2)33(20-25)38-23-26-10-6-4-7-11-26/h4-17,20-22,30H,18-19,23-24H2,1-3H3. The van der Waals surface area contributed by atoms with Crippen LogP contribution >= 0.6 is 0 Å². The quantitative estimate of drug-likeness (QED) is 0.223. The second-order valence-corrected chi connectivity index (χ2v) is 9.70. The van der Waals surface area contributed by atoms with E-state index in [0.717, 1.165) is 52.7 Å². The lowest BCUT2D eigenvalue weighted by molar-refractivity contribution is 0.264. The van der Waals surface area contributed by atoms with Crippen molar-refractivity contribution >= 4 is 6.08 Å². The molecule has 1 aliphatic heterocycles.